The zero-order valence-electron chi connectivity index (χ0n) is 8.77. The molecule has 8 nitrogen and oxygen atoms in total. The molecule has 0 saturated heterocycles. The fourth-order valence-corrected chi connectivity index (χ4v) is 0.566. The topological polar surface area (TPSA) is 129 Å². The van der Waals surface area contributed by atoms with E-state index in [-0.39, 0.29) is 0 Å². The number of hydrogen-bond donors (Lipinski definition) is 4. The molecule has 0 rings (SSSR count). The molecule has 0 aromatic carbocycles. The SMILES string of the molecule is NCCNOC(=O)C=CC(=O)ONCCN. The Morgan fingerprint density at radius 2 is 1.31 bits per heavy atom. The van der Waals surface area contributed by atoms with Crippen LogP contribution in [-0.2, 0) is 19.3 Å². The van der Waals surface area contributed by atoms with Gasteiger partial charge >= 0.3 is 11.9 Å². The summed E-state index contributed by atoms with van der Waals surface area (Å²) in [6.07, 6.45) is 1.85. The third-order valence-electron chi connectivity index (χ3n) is 1.19. The molecule has 0 spiro atoms. The average molecular weight is 232 g/mol. The molecule has 0 heterocycles. The van der Waals surface area contributed by atoms with Gasteiger partial charge in [0.05, 0.1) is 0 Å². The van der Waals surface area contributed by atoms with Crippen LogP contribution in [0.4, 0.5) is 0 Å². The van der Waals surface area contributed by atoms with Crippen molar-refractivity contribution < 1.29 is 19.3 Å². The Bertz CT molecular complexity index is 220. The Morgan fingerprint density at radius 3 is 1.62 bits per heavy atom. The minimum atomic E-state index is -0.718. The molecule has 0 unspecified atom stereocenters. The van der Waals surface area contributed by atoms with Gasteiger partial charge in [0.2, 0.25) is 0 Å². The molecule has 0 bridgehead atoms. The Morgan fingerprint density at radius 1 is 0.938 bits per heavy atom. The maximum Gasteiger partial charge on any atom is 0.349 e. The minimum absolute atomic E-state index is 0.335. The lowest BCUT2D eigenvalue weighted by molar-refractivity contribution is -0.147. The molecule has 0 aliphatic carbocycles. The van der Waals surface area contributed by atoms with Gasteiger partial charge < -0.3 is 21.1 Å². The number of carbonyl (C=O) groups is 2. The Hall–Kier alpha value is -1.48. The second kappa shape index (κ2) is 10.1. The molecule has 0 aliphatic heterocycles. The van der Waals surface area contributed by atoms with Crippen LogP contribution >= 0.6 is 0 Å². The van der Waals surface area contributed by atoms with E-state index in [2.05, 4.69) is 20.6 Å². The van der Waals surface area contributed by atoms with Gasteiger partial charge in [-0.2, -0.15) is 11.0 Å². The first-order chi connectivity index (χ1) is 7.70. The smallest absolute Gasteiger partial charge is 0.349 e. The molecule has 92 valence electrons. The minimum Gasteiger partial charge on any atom is -0.367 e. The van der Waals surface area contributed by atoms with E-state index in [0.29, 0.717) is 26.2 Å². The van der Waals surface area contributed by atoms with Crippen LogP contribution in [0.5, 0.6) is 0 Å². The van der Waals surface area contributed by atoms with E-state index >= 15 is 0 Å². The zero-order valence-corrected chi connectivity index (χ0v) is 8.77. The van der Waals surface area contributed by atoms with Gasteiger partial charge in [0.15, 0.2) is 0 Å². The first-order valence-corrected chi connectivity index (χ1v) is 4.66. The van der Waals surface area contributed by atoms with Gasteiger partial charge in [-0.25, -0.2) is 9.59 Å². The molecule has 0 saturated carbocycles. The van der Waals surface area contributed by atoms with Gasteiger partial charge in [0.1, 0.15) is 0 Å². The third-order valence-corrected chi connectivity index (χ3v) is 1.19. The molecule has 0 fully saturated rings. The lowest BCUT2D eigenvalue weighted by Gasteiger charge is -2.01. The van der Waals surface area contributed by atoms with Crippen molar-refractivity contribution in [3.8, 4) is 0 Å². The first kappa shape index (κ1) is 14.5. The van der Waals surface area contributed by atoms with Gasteiger partial charge in [-0.1, -0.05) is 0 Å². The second-order valence-corrected chi connectivity index (χ2v) is 2.54. The van der Waals surface area contributed by atoms with E-state index in [1.807, 2.05) is 0 Å². The van der Waals surface area contributed by atoms with Crippen LogP contribution in [0, 0.1) is 0 Å². The average Bonchev–Trinajstić information content (AvgIpc) is 2.27. The second-order valence-electron chi connectivity index (χ2n) is 2.54. The van der Waals surface area contributed by atoms with Crippen LogP contribution in [0.3, 0.4) is 0 Å². The molecule has 0 atom stereocenters. The molecule has 0 aromatic heterocycles. The summed E-state index contributed by atoms with van der Waals surface area (Å²) in [6, 6.07) is 0. The van der Waals surface area contributed by atoms with E-state index in [0.717, 1.165) is 12.2 Å². The summed E-state index contributed by atoms with van der Waals surface area (Å²) >= 11 is 0. The highest BCUT2D eigenvalue weighted by Crippen LogP contribution is 1.81. The van der Waals surface area contributed by atoms with Crippen molar-refractivity contribution in [1.29, 1.82) is 0 Å². The molecule has 16 heavy (non-hydrogen) atoms. The zero-order chi connectivity index (χ0) is 12.2. The van der Waals surface area contributed by atoms with Crippen molar-refractivity contribution in [2.75, 3.05) is 26.2 Å². The number of hydrogen-bond acceptors (Lipinski definition) is 8. The molecule has 8 heteroatoms. The monoisotopic (exact) mass is 232 g/mol. The summed E-state index contributed by atoms with van der Waals surface area (Å²) in [6.45, 7) is 1.34. The van der Waals surface area contributed by atoms with E-state index < -0.39 is 11.9 Å². The van der Waals surface area contributed by atoms with Gasteiger partial charge in [0.25, 0.3) is 0 Å². The number of rotatable bonds is 8. The largest absolute Gasteiger partial charge is 0.367 e. The molecule has 0 aliphatic rings. The lowest BCUT2D eigenvalue weighted by Crippen LogP contribution is -2.26. The predicted molar refractivity (Wildman–Crippen MR) is 55.4 cm³/mol. The van der Waals surface area contributed by atoms with Crippen molar-refractivity contribution in [3.05, 3.63) is 12.2 Å². The highest BCUT2D eigenvalue weighted by atomic mass is 16.7. The van der Waals surface area contributed by atoms with Crippen LogP contribution in [0.25, 0.3) is 0 Å². The highest BCUT2D eigenvalue weighted by Gasteiger charge is 2.00. The number of carbonyl (C=O) groups excluding carboxylic acids is 2. The summed E-state index contributed by atoms with van der Waals surface area (Å²) in [5.41, 5.74) is 14.9. The summed E-state index contributed by atoms with van der Waals surface area (Å²) in [5, 5.41) is 0. The summed E-state index contributed by atoms with van der Waals surface area (Å²) in [4.78, 5) is 30.7. The fourth-order valence-electron chi connectivity index (χ4n) is 0.566. The van der Waals surface area contributed by atoms with Crippen LogP contribution in [0.1, 0.15) is 0 Å². The molecule has 0 aromatic rings. The van der Waals surface area contributed by atoms with E-state index in [4.69, 9.17) is 11.5 Å². The van der Waals surface area contributed by atoms with Gasteiger partial charge in [0, 0.05) is 38.3 Å². The molecule has 0 amide bonds. The molecular weight excluding hydrogens is 216 g/mol. The van der Waals surface area contributed by atoms with Crippen LogP contribution in [0.2, 0.25) is 0 Å². The Kier molecular flexibility index (Phi) is 9.12. The predicted octanol–water partition coefficient (Wildman–Crippen LogP) is -2.44. The Labute approximate surface area is 92.8 Å². The number of nitrogens with one attached hydrogen (secondary N) is 2. The number of nitrogens with two attached hydrogens (primary N) is 2. The molecule has 6 N–H and O–H groups in total. The quantitative estimate of drug-likeness (QED) is 0.206. The van der Waals surface area contributed by atoms with Crippen molar-refractivity contribution in [3.63, 3.8) is 0 Å². The fraction of sp³-hybridized carbons (Fsp3) is 0.500. The van der Waals surface area contributed by atoms with Crippen molar-refractivity contribution in [2.24, 2.45) is 11.5 Å². The van der Waals surface area contributed by atoms with Crippen LogP contribution in [-0.4, -0.2) is 38.1 Å². The first-order valence-electron chi connectivity index (χ1n) is 4.66. The van der Waals surface area contributed by atoms with Crippen molar-refractivity contribution in [1.82, 2.24) is 11.0 Å². The standard InChI is InChI=1S/C8H16N4O4/c9-3-5-11-15-7(13)1-2-8(14)16-12-6-4-10/h1-2,11-12H,3-6,9-10H2. The van der Waals surface area contributed by atoms with E-state index in [9.17, 15) is 9.59 Å². The molecule has 0 radical (unpaired) electrons. The summed E-state index contributed by atoms with van der Waals surface area (Å²) in [7, 11) is 0. The van der Waals surface area contributed by atoms with E-state index in [1.54, 1.807) is 0 Å². The summed E-state index contributed by atoms with van der Waals surface area (Å²) < 4.78 is 0. The van der Waals surface area contributed by atoms with Gasteiger partial charge in [-0.15, -0.1) is 0 Å². The van der Waals surface area contributed by atoms with E-state index in [1.165, 1.54) is 0 Å². The maximum absolute atomic E-state index is 10.9. The normalized spacial score (nSPS) is 10.4. The van der Waals surface area contributed by atoms with Crippen molar-refractivity contribution >= 4 is 11.9 Å². The highest BCUT2D eigenvalue weighted by molar-refractivity contribution is 5.91. The van der Waals surface area contributed by atoms with Crippen LogP contribution < -0.4 is 22.4 Å². The van der Waals surface area contributed by atoms with Crippen molar-refractivity contribution in [2.45, 2.75) is 0 Å². The molecular formula is C8H16N4O4. The maximum atomic E-state index is 10.9. The number of hydroxylamine groups is 2. The lowest BCUT2D eigenvalue weighted by atomic mass is 10.5. The Balaban J connectivity index is 3.63. The van der Waals surface area contributed by atoms with Gasteiger partial charge in [-0.05, 0) is 0 Å². The summed E-state index contributed by atoms with van der Waals surface area (Å²) in [5.74, 6) is -1.44. The van der Waals surface area contributed by atoms with Crippen LogP contribution in [0.15, 0.2) is 12.2 Å². The van der Waals surface area contributed by atoms with Gasteiger partial charge in [-0.3, -0.25) is 0 Å². The third kappa shape index (κ3) is 9.09.